The molecule has 0 radical (unpaired) electrons. The van der Waals surface area contributed by atoms with Gasteiger partial charge in [-0.25, -0.2) is 4.98 Å². The number of hydrogen-bond donors (Lipinski definition) is 3. The zero-order chi connectivity index (χ0) is 25.0. The van der Waals surface area contributed by atoms with Gasteiger partial charge in [-0.2, -0.15) is 0 Å². The molecule has 4 N–H and O–H groups in total. The van der Waals surface area contributed by atoms with E-state index in [0.29, 0.717) is 19.4 Å². The monoisotopic (exact) mass is 484 g/mol. The van der Waals surface area contributed by atoms with Crippen molar-refractivity contribution < 1.29 is 19.5 Å². The Bertz CT molecular complexity index is 1080. The molecule has 2 heterocycles. The number of amides is 3. The van der Waals surface area contributed by atoms with Crippen molar-refractivity contribution in [3.05, 3.63) is 52.9 Å². The van der Waals surface area contributed by atoms with E-state index in [1.807, 2.05) is 43.6 Å². The summed E-state index contributed by atoms with van der Waals surface area (Å²) in [5, 5.41) is 13.3. The third kappa shape index (κ3) is 5.64. The molecule has 3 amide bonds. The zero-order valence-electron chi connectivity index (χ0n) is 19.9. The number of hydrogen-bond acceptors (Lipinski definition) is 6. The molecule has 0 saturated carbocycles. The van der Waals surface area contributed by atoms with Crippen molar-refractivity contribution in [2.45, 2.75) is 52.6 Å². The smallest absolute Gasteiger partial charge is 0.244 e. The number of nitrogens with two attached hydrogens (primary N) is 1. The van der Waals surface area contributed by atoms with Crippen molar-refractivity contribution in [3.63, 3.8) is 0 Å². The first-order valence-corrected chi connectivity index (χ1v) is 12.3. The summed E-state index contributed by atoms with van der Waals surface area (Å²) in [5.41, 5.74) is 10.00. The summed E-state index contributed by atoms with van der Waals surface area (Å²) < 4.78 is 0. The van der Waals surface area contributed by atoms with Crippen LogP contribution in [-0.4, -0.2) is 45.3 Å². The van der Waals surface area contributed by atoms with Gasteiger partial charge >= 0.3 is 0 Å². The van der Waals surface area contributed by atoms with Crippen molar-refractivity contribution in [1.29, 1.82) is 0 Å². The van der Waals surface area contributed by atoms with E-state index in [-0.39, 0.29) is 29.5 Å². The highest BCUT2D eigenvalue weighted by molar-refractivity contribution is 7.13. The Balaban J connectivity index is 1.70. The predicted molar refractivity (Wildman–Crippen MR) is 132 cm³/mol. The normalized spacial score (nSPS) is 18.1. The molecule has 0 spiro atoms. The lowest BCUT2D eigenvalue weighted by Crippen LogP contribution is -2.49. The average Bonchev–Trinajstić information content (AvgIpc) is 3.42. The molecular formula is C25H32N4O4S. The summed E-state index contributed by atoms with van der Waals surface area (Å²) in [6.07, 6.45) is 2.10. The second kappa shape index (κ2) is 10.8. The van der Waals surface area contributed by atoms with Gasteiger partial charge in [0.05, 0.1) is 28.0 Å². The lowest BCUT2D eigenvalue weighted by molar-refractivity contribution is -0.142. The molecule has 182 valence electrons. The number of carbonyl (C=O) groups is 3. The van der Waals surface area contributed by atoms with Crippen molar-refractivity contribution in [2.75, 3.05) is 6.54 Å². The standard InChI is InChI=1S/C25H32N4O4S/c1-14(2)22(20(30)12-21(26)31)25(33)29-11-5-6-19(29)24(32)28-15(3)17-7-9-18(10-8-17)23-16(4)27-13-34-23/h7-10,12-15,19,22,30H,5-6,11H2,1-4H3,(H2,26,31)(H,28,32)/b20-12-/t15-,19-,22+/m0/s1. The number of nitrogens with one attached hydrogen (secondary N) is 1. The fourth-order valence-corrected chi connectivity index (χ4v) is 5.18. The molecule has 1 fully saturated rings. The number of primary amides is 1. The van der Waals surface area contributed by atoms with E-state index in [0.717, 1.165) is 27.8 Å². The number of nitrogens with zero attached hydrogens (tertiary/aromatic N) is 2. The maximum atomic E-state index is 13.2. The number of carbonyl (C=O) groups excluding carboxylic acids is 3. The lowest BCUT2D eigenvalue weighted by atomic mass is 9.91. The van der Waals surface area contributed by atoms with Crippen LogP contribution in [0.3, 0.4) is 0 Å². The quantitative estimate of drug-likeness (QED) is 0.391. The highest BCUT2D eigenvalue weighted by Crippen LogP contribution is 2.29. The van der Waals surface area contributed by atoms with Crippen molar-refractivity contribution in [2.24, 2.45) is 17.6 Å². The molecule has 2 aromatic rings. The van der Waals surface area contributed by atoms with Crippen LogP contribution in [0.25, 0.3) is 10.4 Å². The van der Waals surface area contributed by atoms with Crippen molar-refractivity contribution in [3.8, 4) is 10.4 Å². The van der Waals surface area contributed by atoms with Gasteiger partial charge in [0.15, 0.2) is 0 Å². The minimum absolute atomic E-state index is 0.235. The zero-order valence-corrected chi connectivity index (χ0v) is 20.8. The molecule has 1 aromatic heterocycles. The van der Waals surface area contributed by atoms with Crippen LogP contribution in [0.2, 0.25) is 0 Å². The molecule has 3 rings (SSSR count). The van der Waals surface area contributed by atoms with Gasteiger partial charge in [0, 0.05) is 12.6 Å². The van der Waals surface area contributed by atoms with Gasteiger partial charge in [-0.1, -0.05) is 38.1 Å². The third-order valence-corrected chi connectivity index (χ3v) is 7.13. The summed E-state index contributed by atoms with van der Waals surface area (Å²) in [5.74, 6) is -3.01. The number of aromatic nitrogens is 1. The van der Waals surface area contributed by atoms with Crippen LogP contribution < -0.4 is 11.1 Å². The van der Waals surface area contributed by atoms with E-state index < -0.39 is 17.9 Å². The Kier molecular flexibility index (Phi) is 8.09. The van der Waals surface area contributed by atoms with E-state index in [1.54, 1.807) is 25.2 Å². The first-order valence-electron chi connectivity index (χ1n) is 11.4. The first kappa shape index (κ1) is 25.4. The Hall–Kier alpha value is -3.20. The van der Waals surface area contributed by atoms with Gasteiger partial charge in [0.2, 0.25) is 17.7 Å². The van der Waals surface area contributed by atoms with Gasteiger partial charge < -0.3 is 21.1 Å². The molecule has 1 aromatic carbocycles. The van der Waals surface area contributed by atoms with Crippen LogP contribution in [0.4, 0.5) is 0 Å². The van der Waals surface area contributed by atoms with Crippen molar-refractivity contribution in [1.82, 2.24) is 15.2 Å². The number of aliphatic hydroxyl groups is 1. The Labute approximate surface area is 203 Å². The molecule has 1 saturated heterocycles. The molecule has 1 aliphatic rings. The molecule has 0 aliphatic carbocycles. The van der Waals surface area contributed by atoms with Gasteiger partial charge in [0.25, 0.3) is 0 Å². The Morgan fingerprint density at radius 3 is 2.47 bits per heavy atom. The Morgan fingerprint density at radius 2 is 1.91 bits per heavy atom. The van der Waals surface area contributed by atoms with Crippen LogP contribution in [0.15, 0.2) is 41.6 Å². The molecule has 0 bridgehead atoms. The number of aliphatic hydroxyl groups excluding tert-OH is 1. The molecule has 9 heteroatoms. The fraction of sp³-hybridized carbons (Fsp3) is 0.440. The number of rotatable bonds is 8. The summed E-state index contributed by atoms with van der Waals surface area (Å²) in [6.45, 7) is 7.85. The van der Waals surface area contributed by atoms with E-state index >= 15 is 0 Å². The minimum Gasteiger partial charge on any atom is -0.511 e. The van der Waals surface area contributed by atoms with E-state index in [1.165, 1.54) is 4.90 Å². The molecule has 1 aliphatic heterocycles. The summed E-state index contributed by atoms with van der Waals surface area (Å²) >= 11 is 1.59. The third-order valence-electron chi connectivity index (χ3n) is 6.16. The van der Waals surface area contributed by atoms with E-state index in [4.69, 9.17) is 5.73 Å². The highest BCUT2D eigenvalue weighted by atomic mass is 32.1. The molecule has 0 unspecified atom stereocenters. The topological polar surface area (TPSA) is 126 Å². The van der Waals surface area contributed by atoms with Crippen LogP contribution in [0, 0.1) is 18.8 Å². The molecular weight excluding hydrogens is 452 g/mol. The van der Waals surface area contributed by atoms with E-state index in [2.05, 4.69) is 10.3 Å². The second-order valence-corrected chi connectivity index (χ2v) is 9.86. The molecule has 34 heavy (non-hydrogen) atoms. The molecule has 8 nitrogen and oxygen atoms in total. The van der Waals surface area contributed by atoms with Gasteiger partial charge in [-0.05, 0) is 43.7 Å². The number of benzene rings is 1. The van der Waals surface area contributed by atoms with Crippen molar-refractivity contribution >= 4 is 29.1 Å². The average molecular weight is 485 g/mol. The number of thiazole rings is 1. The second-order valence-electron chi connectivity index (χ2n) is 9.00. The highest BCUT2D eigenvalue weighted by Gasteiger charge is 2.39. The van der Waals surface area contributed by atoms with Crippen LogP contribution in [0.5, 0.6) is 0 Å². The lowest BCUT2D eigenvalue weighted by Gasteiger charge is -2.30. The summed E-state index contributed by atoms with van der Waals surface area (Å²) in [4.78, 5) is 44.5. The minimum atomic E-state index is -0.930. The van der Waals surface area contributed by atoms with Gasteiger partial charge in [-0.3, -0.25) is 14.4 Å². The summed E-state index contributed by atoms with van der Waals surface area (Å²) in [6, 6.07) is 7.13. The van der Waals surface area contributed by atoms with Crippen LogP contribution in [-0.2, 0) is 14.4 Å². The van der Waals surface area contributed by atoms with Gasteiger partial charge in [0.1, 0.15) is 11.8 Å². The fourth-order valence-electron chi connectivity index (χ4n) is 4.37. The van der Waals surface area contributed by atoms with Crippen LogP contribution >= 0.6 is 11.3 Å². The van der Waals surface area contributed by atoms with Gasteiger partial charge in [-0.15, -0.1) is 11.3 Å². The maximum Gasteiger partial charge on any atom is 0.244 e. The number of aryl methyl sites for hydroxylation is 1. The largest absolute Gasteiger partial charge is 0.511 e. The van der Waals surface area contributed by atoms with Crippen LogP contribution in [0.1, 0.15) is 50.9 Å². The number of likely N-dealkylation sites (tertiary alicyclic amines) is 1. The first-order chi connectivity index (χ1) is 16.1. The predicted octanol–water partition coefficient (Wildman–Crippen LogP) is 3.49. The summed E-state index contributed by atoms with van der Waals surface area (Å²) in [7, 11) is 0. The molecule has 3 atom stereocenters. The Morgan fingerprint density at radius 1 is 1.24 bits per heavy atom. The van der Waals surface area contributed by atoms with E-state index in [9.17, 15) is 19.5 Å². The maximum absolute atomic E-state index is 13.2. The SMILES string of the molecule is Cc1ncsc1-c1ccc([C@H](C)NC(=O)[C@@H]2CCCN2C(=O)[C@@H](/C(O)=C/C(N)=O)C(C)C)cc1.